The first kappa shape index (κ1) is 16.0. The van der Waals surface area contributed by atoms with E-state index < -0.39 is 0 Å². The Hall–Kier alpha value is -1.33. The van der Waals surface area contributed by atoms with E-state index in [2.05, 4.69) is 24.1 Å². The van der Waals surface area contributed by atoms with Crippen molar-refractivity contribution < 1.29 is 4.79 Å². The second-order valence-electron chi connectivity index (χ2n) is 5.25. The average molecular weight is 320 g/mol. The molecule has 0 bridgehead atoms. The van der Waals surface area contributed by atoms with Gasteiger partial charge in [-0.2, -0.15) is 0 Å². The number of carbonyl (C=O) groups excluding carboxylic acids is 1. The molecule has 1 aromatic heterocycles. The Bertz CT molecular complexity index is 581. The highest BCUT2D eigenvalue weighted by Gasteiger charge is 2.12. The second kappa shape index (κ2) is 7.61. The minimum Gasteiger partial charge on any atom is -0.353 e. The zero-order chi connectivity index (χ0) is 15.2. The van der Waals surface area contributed by atoms with E-state index in [1.54, 1.807) is 11.3 Å². The number of nitrogens with zero attached hydrogens (tertiary/aromatic N) is 1. The van der Waals surface area contributed by atoms with E-state index in [1.165, 1.54) is 11.8 Å². The van der Waals surface area contributed by atoms with Gasteiger partial charge in [0, 0.05) is 17.0 Å². The van der Waals surface area contributed by atoms with Gasteiger partial charge in [0.1, 0.15) is 0 Å². The van der Waals surface area contributed by atoms with Crippen molar-refractivity contribution >= 4 is 29.0 Å². The number of amides is 1. The van der Waals surface area contributed by atoms with Crippen LogP contribution in [0.15, 0.2) is 40.1 Å². The molecule has 0 aliphatic rings. The Morgan fingerprint density at radius 2 is 2.00 bits per heavy atom. The van der Waals surface area contributed by atoms with Crippen molar-refractivity contribution in [1.29, 1.82) is 0 Å². The second-order valence-corrected chi connectivity index (χ2v) is 7.33. The number of nitrogens with one attached hydrogen (secondary N) is 1. The van der Waals surface area contributed by atoms with Crippen LogP contribution in [0.1, 0.15) is 20.8 Å². The number of benzene rings is 1. The van der Waals surface area contributed by atoms with E-state index in [-0.39, 0.29) is 11.9 Å². The van der Waals surface area contributed by atoms with Crippen LogP contribution in [0.4, 0.5) is 0 Å². The van der Waals surface area contributed by atoms with E-state index >= 15 is 0 Å². The van der Waals surface area contributed by atoms with Crippen molar-refractivity contribution in [1.82, 2.24) is 10.3 Å². The zero-order valence-corrected chi connectivity index (χ0v) is 14.1. The lowest BCUT2D eigenvalue weighted by molar-refractivity contribution is -0.119. The quantitative estimate of drug-likeness (QED) is 0.816. The van der Waals surface area contributed by atoms with Crippen molar-refractivity contribution in [2.45, 2.75) is 31.2 Å². The highest BCUT2D eigenvalue weighted by Crippen LogP contribution is 2.27. The minimum atomic E-state index is 0.0673. The summed E-state index contributed by atoms with van der Waals surface area (Å²) in [4.78, 5) is 16.4. The van der Waals surface area contributed by atoms with Crippen LogP contribution in [0, 0.1) is 5.92 Å². The summed E-state index contributed by atoms with van der Waals surface area (Å²) in [6.45, 7) is 6.24. The smallest absolute Gasteiger partial charge is 0.230 e. The van der Waals surface area contributed by atoms with Gasteiger partial charge in [0.05, 0.1) is 11.4 Å². The highest BCUT2D eigenvalue weighted by molar-refractivity contribution is 8.01. The minimum absolute atomic E-state index is 0.0673. The SMILES string of the molecule is CC(C)C(C)NC(=O)CSc1nc(-c2ccccc2)cs1. The van der Waals surface area contributed by atoms with Crippen molar-refractivity contribution in [3.05, 3.63) is 35.7 Å². The molecule has 0 spiro atoms. The molecule has 21 heavy (non-hydrogen) atoms. The fourth-order valence-electron chi connectivity index (χ4n) is 1.65. The molecule has 1 heterocycles. The first-order valence-electron chi connectivity index (χ1n) is 6.99. The Labute approximate surface area is 134 Å². The summed E-state index contributed by atoms with van der Waals surface area (Å²) in [6.07, 6.45) is 0. The molecule has 2 aromatic rings. The maximum absolute atomic E-state index is 11.9. The van der Waals surface area contributed by atoms with Crippen LogP contribution in [-0.2, 0) is 4.79 Å². The lowest BCUT2D eigenvalue weighted by Gasteiger charge is -2.16. The summed E-state index contributed by atoms with van der Waals surface area (Å²) < 4.78 is 0.932. The summed E-state index contributed by atoms with van der Waals surface area (Å²) in [5.74, 6) is 0.930. The molecule has 2 rings (SSSR count). The Balaban J connectivity index is 1.87. The first-order chi connectivity index (χ1) is 10.1. The molecule has 0 aliphatic carbocycles. The number of hydrogen-bond acceptors (Lipinski definition) is 4. The van der Waals surface area contributed by atoms with Gasteiger partial charge in [-0.3, -0.25) is 4.79 Å². The van der Waals surface area contributed by atoms with Gasteiger partial charge in [0.2, 0.25) is 5.91 Å². The fourth-order valence-corrected chi connectivity index (χ4v) is 3.30. The third-order valence-corrected chi connectivity index (χ3v) is 5.29. The van der Waals surface area contributed by atoms with E-state index in [9.17, 15) is 4.79 Å². The standard InChI is InChI=1S/C16H20N2OS2/c1-11(2)12(3)17-15(19)10-21-16-18-14(9-20-16)13-7-5-4-6-8-13/h4-9,11-12H,10H2,1-3H3,(H,17,19). The Morgan fingerprint density at radius 3 is 2.67 bits per heavy atom. The molecule has 5 heteroatoms. The van der Waals surface area contributed by atoms with Gasteiger partial charge >= 0.3 is 0 Å². The first-order valence-corrected chi connectivity index (χ1v) is 8.86. The molecule has 1 amide bonds. The lowest BCUT2D eigenvalue weighted by atomic mass is 10.1. The molecule has 1 unspecified atom stereocenters. The zero-order valence-electron chi connectivity index (χ0n) is 12.5. The lowest BCUT2D eigenvalue weighted by Crippen LogP contribution is -2.37. The molecule has 0 saturated carbocycles. The highest BCUT2D eigenvalue weighted by atomic mass is 32.2. The maximum atomic E-state index is 11.9. The number of carbonyl (C=O) groups is 1. The number of thioether (sulfide) groups is 1. The number of rotatable bonds is 6. The topological polar surface area (TPSA) is 42.0 Å². The van der Waals surface area contributed by atoms with Gasteiger partial charge in [-0.15, -0.1) is 11.3 Å². The van der Waals surface area contributed by atoms with Crippen LogP contribution in [-0.4, -0.2) is 22.7 Å². The van der Waals surface area contributed by atoms with Crippen molar-refractivity contribution in [3.8, 4) is 11.3 Å². The van der Waals surface area contributed by atoms with Gasteiger partial charge in [-0.25, -0.2) is 4.98 Å². The summed E-state index contributed by atoms with van der Waals surface area (Å²) in [7, 11) is 0. The van der Waals surface area contributed by atoms with Gasteiger partial charge in [0.25, 0.3) is 0 Å². The summed E-state index contributed by atoms with van der Waals surface area (Å²) in [5.41, 5.74) is 2.08. The normalized spacial score (nSPS) is 12.4. The third kappa shape index (κ3) is 4.86. The van der Waals surface area contributed by atoms with Gasteiger partial charge in [-0.05, 0) is 12.8 Å². The Kier molecular flexibility index (Phi) is 5.82. The predicted molar refractivity (Wildman–Crippen MR) is 90.7 cm³/mol. The molecule has 1 N–H and O–H groups in total. The van der Waals surface area contributed by atoms with Crippen molar-refractivity contribution in [3.63, 3.8) is 0 Å². The Morgan fingerprint density at radius 1 is 1.29 bits per heavy atom. The number of thiazole rings is 1. The van der Waals surface area contributed by atoms with Crippen LogP contribution in [0.2, 0.25) is 0 Å². The molecule has 1 atom stereocenters. The summed E-state index contributed by atoms with van der Waals surface area (Å²) in [5, 5.41) is 5.04. The van der Waals surface area contributed by atoms with E-state index in [1.807, 2.05) is 42.6 Å². The van der Waals surface area contributed by atoms with Crippen molar-refractivity contribution in [2.75, 3.05) is 5.75 Å². The van der Waals surface area contributed by atoms with Crippen LogP contribution >= 0.6 is 23.1 Å². The van der Waals surface area contributed by atoms with Crippen LogP contribution < -0.4 is 5.32 Å². The molecule has 1 aromatic carbocycles. The number of hydrogen-bond donors (Lipinski definition) is 1. The monoisotopic (exact) mass is 320 g/mol. The van der Waals surface area contributed by atoms with Crippen LogP contribution in [0.3, 0.4) is 0 Å². The van der Waals surface area contributed by atoms with E-state index in [0.717, 1.165) is 15.6 Å². The van der Waals surface area contributed by atoms with Gasteiger partial charge in [-0.1, -0.05) is 55.9 Å². The van der Waals surface area contributed by atoms with E-state index in [4.69, 9.17) is 0 Å². The molecule has 0 fully saturated rings. The van der Waals surface area contributed by atoms with E-state index in [0.29, 0.717) is 11.7 Å². The molecule has 0 radical (unpaired) electrons. The molecule has 3 nitrogen and oxygen atoms in total. The molecule has 0 saturated heterocycles. The molecular weight excluding hydrogens is 300 g/mol. The average Bonchev–Trinajstić information content (AvgIpc) is 2.95. The van der Waals surface area contributed by atoms with Gasteiger partial charge < -0.3 is 5.32 Å². The van der Waals surface area contributed by atoms with Crippen LogP contribution in [0.5, 0.6) is 0 Å². The number of aromatic nitrogens is 1. The molecule has 112 valence electrons. The summed E-state index contributed by atoms with van der Waals surface area (Å²) >= 11 is 3.08. The third-order valence-electron chi connectivity index (χ3n) is 3.27. The molecule has 0 aliphatic heterocycles. The van der Waals surface area contributed by atoms with Crippen molar-refractivity contribution in [2.24, 2.45) is 5.92 Å². The van der Waals surface area contributed by atoms with Crippen LogP contribution in [0.25, 0.3) is 11.3 Å². The fraction of sp³-hybridized carbons (Fsp3) is 0.375. The maximum Gasteiger partial charge on any atom is 0.230 e. The molecular formula is C16H20N2OS2. The predicted octanol–water partition coefficient (Wildman–Crippen LogP) is 4.06. The largest absolute Gasteiger partial charge is 0.353 e. The summed E-state index contributed by atoms with van der Waals surface area (Å²) in [6, 6.07) is 10.3. The van der Waals surface area contributed by atoms with Gasteiger partial charge in [0.15, 0.2) is 4.34 Å².